The zero-order valence-electron chi connectivity index (χ0n) is 11.4. The smallest absolute Gasteiger partial charge is 0.335 e. The number of aromatic carboxylic acids is 1. The van der Waals surface area contributed by atoms with E-state index in [1.807, 2.05) is 20.8 Å². The Morgan fingerprint density at radius 1 is 1.25 bits per heavy atom. The topological polar surface area (TPSA) is 79.1 Å². The standard InChI is InChI=1S/C15H14N2O3/c1-7-8(2)20-9(3)13(7)14-16-11-5-4-10(15(18)19)6-12(11)17-14/h4-6H,1-3H3,(H,16,17)(H,18,19). The van der Waals surface area contributed by atoms with E-state index in [2.05, 4.69) is 9.97 Å². The molecule has 102 valence electrons. The van der Waals surface area contributed by atoms with Gasteiger partial charge in [-0.15, -0.1) is 0 Å². The second-order valence-electron chi connectivity index (χ2n) is 4.84. The number of nitrogens with one attached hydrogen (secondary N) is 1. The van der Waals surface area contributed by atoms with Crippen molar-refractivity contribution < 1.29 is 14.3 Å². The van der Waals surface area contributed by atoms with Gasteiger partial charge in [-0.05, 0) is 39.0 Å². The fraction of sp³-hybridized carbons (Fsp3) is 0.200. The van der Waals surface area contributed by atoms with Gasteiger partial charge in [0, 0.05) is 5.56 Å². The van der Waals surface area contributed by atoms with Gasteiger partial charge >= 0.3 is 5.97 Å². The third-order valence-electron chi connectivity index (χ3n) is 3.53. The van der Waals surface area contributed by atoms with Gasteiger partial charge in [0.1, 0.15) is 17.3 Å². The largest absolute Gasteiger partial charge is 0.478 e. The van der Waals surface area contributed by atoms with Crippen molar-refractivity contribution in [1.82, 2.24) is 9.97 Å². The van der Waals surface area contributed by atoms with E-state index in [4.69, 9.17) is 9.52 Å². The Labute approximate surface area is 115 Å². The first kappa shape index (κ1) is 12.5. The Balaban J connectivity index is 2.20. The number of hydrogen-bond acceptors (Lipinski definition) is 3. The SMILES string of the molecule is Cc1oc(C)c(-c2nc3ccc(C(=O)O)cc3[nH]2)c1C. The molecule has 0 bridgehead atoms. The summed E-state index contributed by atoms with van der Waals surface area (Å²) in [4.78, 5) is 18.7. The number of aromatic nitrogens is 2. The maximum Gasteiger partial charge on any atom is 0.335 e. The summed E-state index contributed by atoms with van der Waals surface area (Å²) in [7, 11) is 0. The maximum absolute atomic E-state index is 11.0. The zero-order chi connectivity index (χ0) is 14.4. The highest BCUT2D eigenvalue weighted by molar-refractivity contribution is 5.93. The number of aryl methyl sites for hydroxylation is 2. The van der Waals surface area contributed by atoms with Crippen LogP contribution in [0.3, 0.4) is 0 Å². The lowest BCUT2D eigenvalue weighted by molar-refractivity contribution is 0.0697. The van der Waals surface area contributed by atoms with Crippen molar-refractivity contribution in [1.29, 1.82) is 0 Å². The third kappa shape index (κ3) is 1.79. The van der Waals surface area contributed by atoms with Crippen molar-refractivity contribution in [3.63, 3.8) is 0 Å². The molecule has 0 aliphatic carbocycles. The van der Waals surface area contributed by atoms with Crippen LogP contribution in [0.25, 0.3) is 22.4 Å². The fourth-order valence-electron chi connectivity index (χ4n) is 2.40. The zero-order valence-corrected chi connectivity index (χ0v) is 11.4. The van der Waals surface area contributed by atoms with E-state index in [1.54, 1.807) is 18.2 Å². The van der Waals surface area contributed by atoms with E-state index in [1.165, 1.54) is 0 Å². The van der Waals surface area contributed by atoms with Gasteiger partial charge in [0.05, 0.1) is 22.2 Å². The minimum atomic E-state index is -0.949. The Hall–Kier alpha value is -2.56. The second-order valence-corrected chi connectivity index (χ2v) is 4.84. The molecule has 0 unspecified atom stereocenters. The van der Waals surface area contributed by atoms with E-state index < -0.39 is 5.97 Å². The summed E-state index contributed by atoms with van der Waals surface area (Å²) in [6.07, 6.45) is 0. The number of hydrogen-bond donors (Lipinski definition) is 2. The average Bonchev–Trinajstić information content (AvgIpc) is 2.90. The Kier molecular flexibility index (Phi) is 2.64. The molecule has 0 amide bonds. The van der Waals surface area contributed by atoms with Gasteiger partial charge < -0.3 is 14.5 Å². The first-order chi connectivity index (χ1) is 9.47. The number of benzene rings is 1. The lowest BCUT2D eigenvalue weighted by Crippen LogP contribution is -1.94. The van der Waals surface area contributed by atoms with Gasteiger partial charge in [0.15, 0.2) is 0 Å². The summed E-state index contributed by atoms with van der Waals surface area (Å²) in [5.74, 6) is 1.42. The Bertz CT molecular complexity index is 827. The molecule has 0 fully saturated rings. The normalized spacial score (nSPS) is 11.2. The van der Waals surface area contributed by atoms with Crippen LogP contribution in [0.1, 0.15) is 27.4 Å². The summed E-state index contributed by atoms with van der Waals surface area (Å²) < 4.78 is 5.60. The molecule has 0 spiro atoms. The molecule has 3 rings (SSSR count). The molecule has 0 atom stereocenters. The number of carboxylic acids is 1. The number of furan rings is 1. The number of H-pyrrole nitrogens is 1. The van der Waals surface area contributed by atoms with Crippen LogP contribution in [-0.2, 0) is 0 Å². The van der Waals surface area contributed by atoms with E-state index >= 15 is 0 Å². The number of imidazole rings is 1. The molecule has 2 heterocycles. The van der Waals surface area contributed by atoms with Crippen molar-refractivity contribution in [3.8, 4) is 11.4 Å². The van der Waals surface area contributed by atoms with Gasteiger partial charge in [0.25, 0.3) is 0 Å². The molecule has 5 nitrogen and oxygen atoms in total. The van der Waals surface area contributed by atoms with E-state index in [0.717, 1.165) is 28.2 Å². The lowest BCUT2D eigenvalue weighted by atomic mass is 10.1. The first-order valence-corrected chi connectivity index (χ1v) is 6.27. The van der Waals surface area contributed by atoms with Crippen molar-refractivity contribution in [3.05, 3.63) is 40.8 Å². The summed E-state index contributed by atoms with van der Waals surface area (Å²) in [6.45, 7) is 5.79. The first-order valence-electron chi connectivity index (χ1n) is 6.27. The van der Waals surface area contributed by atoms with E-state index in [-0.39, 0.29) is 5.56 Å². The molecule has 0 saturated heterocycles. The van der Waals surface area contributed by atoms with Crippen LogP contribution in [-0.4, -0.2) is 21.0 Å². The quantitative estimate of drug-likeness (QED) is 0.747. The summed E-state index contributed by atoms with van der Waals surface area (Å²) in [5, 5.41) is 9.01. The number of aromatic amines is 1. The summed E-state index contributed by atoms with van der Waals surface area (Å²) >= 11 is 0. The van der Waals surface area contributed by atoms with Crippen LogP contribution in [0.15, 0.2) is 22.6 Å². The fourth-order valence-corrected chi connectivity index (χ4v) is 2.40. The van der Waals surface area contributed by atoms with Crippen LogP contribution in [0.2, 0.25) is 0 Å². The molecule has 0 aliphatic heterocycles. The van der Waals surface area contributed by atoms with Gasteiger partial charge in [0.2, 0.25) is 0 Å². The van der Waals surface area contributed by atoms with Crippen molar-refractivity contribution in [2.75, 3.05) is 0 Å². The van der Waals surface area contributed by atoms with Gasteiger partial charge in [-0.2, -0.15) is 0 Å². The highest BCUT2D eigenvalue weighted by Gasteiger charge is 2.17. The van der Waals surface area contributed by atoms with Crippen LogP contribution >= 0.6 is 0 Å². The van der Waals surface area contributed by atoms with Gasteiger partial charge in [-0.1, -0.05) is 0 Å². The molecule has 2 aromatic heterocycles. The van der Waals surface area contributed by atoms with Crippen molar-refractivity contribution in [2.24, 2.45) is 0 Å². The minimum absolute atomic E-state index is 0.240. The molecule has 20 heavy (non-hydrogen) atoms. The number of fused-ring (bicyclic) bond motifs is 1. The third-order valence-corrected chi connectivity index (χ3v) is 3.53. The van der Waals surface area contributed by atoms with Gasteiger partial charge in [-0.25, -0.2) is 9.78 Å². The van der Waals surface area contributed by atoms with Crippen LogP contribution in [0, 0.1) is 20.8 Å². The van der Waals surface area contributed by atoms with Crippen LogP contribution < -0.4 is 0 Å². The summed E-state index contributed by atoms with van der Waals surface area (Å²) in [6, 6.07) is 4.85. The maximum atomic E-state index is 11.0. The Morgan fingerprint density at radius 3 is 2.60 bits per heavy atom. The van der Waals surface area contributed by atoms with Crippen molar-refractivity contribution >= 4 is 17.0 Å². The van der Waals surface area contributed by atoms with E-state index in [0.29, 0.717) is 11.3 Å². The summed E-state index contributed by atoms with van der Waals surface area (Å²) in [5.41, 5.74) is 3.67. The van der Waals surface area contributed by atoms with E-state index in [9.17, 15) is 4.79 Å². The van der Waals surface area contributed by atoms with Gasteiger partial charge in [-0.3, -0.25) is 0 Å². The molecule has 1 aromatic carbocycles. The highest BCUT2D eigenvalue weighted by atomic mass is 16.4. The molecule has 0 radical (unpaired) electrons. The second kappa shape index (κ2) is 4.23. The number of carbonyl (C=O) groups is 1. The molecule has 5 heteroatoms. The highest BCUT2D eigenvalue weighted by Crippen LogP contribution is 2.31. The molecule has 0 aliphatic rings. The average molecular weight is 270 g/mol. The van der Waals surface area contributed by atoms with Crippen LogP contribution in [0.5, 0.6) is 0 Å². The molecule has 2 N–H and O–H groups in total. The number of carboxylic acid groups (broad SMARTS) is 1. The molecule has 0 saturated carbocycles. The number of rotatable bonds is 2. The molecular formula is C15H14N2O3. The van der Waals surface area contributed by atoms with Crippen molar-refractivity contribution in [2.45, 2.75) is 20.8 Å². The predicted molar refractivity (Wildman–Crippen MR) is 75.0 cm³/mol. The minimum Gasteiger partial charge on any atom is -0.478 e. The predicted octanol–water partition coefficient (Wildman–Crippen LogP) is 3.45. The molecular weight excluding hydrogens is 256 g/mol. The number of nitrogens with zero attached hydrogens (tertiary/aromatic N) is 1. The van der Waals surface area contributed by atoms with Crippen LogP contribution in [0.4, 0.5) is 0 Å². The monoisotopic (exact) mass is 270 g/mol. The molecule has 3 aromatic rings. The Morgan fingerprint density at radius 2 is 2.00 bits per heavy atom. The lowest BCUT2D eigenvalue weighted by Gasteiger charge is -1.95.